The molecule has 2 aromatic heterocycles. The van der Waals surface area contributed by atoms with Crippen molar-refractivity contribution in [2.75, 3.05) is 51.6 Å². The van der Waals surface area contributed by atoms with Crippen LogP contribution in [0.25, 0.3) is 11.3 Å². The Morgan fingerprint density at radius 1 is 0.919 bits per heavy atom. The number of nitrogens with one attached hydrogen (secondary N) is 1. The van der Waals surface area contributed by atoms with Gasteiger partial charge < -0.3 is 28.4 Å². The van der Waals surface area contributed by atoms with Crippen LogP contribution in [0.3, 0.4) is 0 Å². The first-order valence-corrected chi connectivity index (χ1v) is 14.3. The van der Waals surface area contributed by atoms with Gasteiger partial charge in [-0.05, 0) is 24.3 Å². The van der Waals surface area contributed by atoms with E-state index in [-0.39, 0.29) is 5.75 Å². The van der Waals surface area contributed by atoms with Gasteiger partial charge in [0, 0.05) is 44.7 Å². The first kappa shape index (κ1) is 29.4. The van der Waals surface area contributed by atoms with Crippen LogP contribution in [-0.4, -0.2) is 72.4 Å². The van der Waals surface area contributed by atoms with Crippen LogP contribution in [0.5, 0.6) is 5.75 Å². The summed E-state index contributed by atoms with van der Waals surface area (Å²) in [7, 11) is 1.28. The van der Waals surface area contributed by atoms with Crippen molar-refractivity contribution in [3.8, 4) is 17.0 Å². The van der Waals surface area contributed by atoms with Crippen LogP contribution < -0.4 is 10.1 Å². The van der Waals surface area contributed by atoms with E-state index in [4.69, 9.17) is 18.4 Å². The number of alkyl halides is 3. The van der Waals surface area contributed by atoms with E-state index in [1.54, 1.807) is 16.9 Å². The number of halogens is 4. The fourth-order valence-corrected chi connectivity index (χ4v) is 3.58. The molecule has 15 heteroatoms. The van der Waals surface area contributed by atoms with E-state index in [1.165, 1.54) is 39.8 Å². The summed E-state index contributed by atoms with van der Waals surface area (Å²) in [5.41, 5.74) is 1.96. The van der Waals surface area contributed by atoms with E-state index in [0.717, 1.165) is 5.56 Å². The zero-order valence-electron chi connectivity index (χ0n) is 19.5. The lowest BCUT2D eigenvalue weighted by Crippen LogP contribution is -2.16. The van der Waals surface area contributed by atoms with Crippen molar-refractivity contribution < 1.29 is 36.3 Å². The van der Waals surface area contributed by atoms with E-state index < -0.39 is 6.36 Å². The Kier molecular flexibility index (Phi) is 12.6. The molecule has 0 atom stereocenters. The van der Waals surface area contributed by atoms with Crippen molar-refractivity contribution in [3.05, 3.63) is 49.1 Å². The number of benzene rings is 1. The normalized spacial score (nSPS) is 11.6. The van der Waals surface area contributed by atoms with Crippen molar-refractivity contribution in [1.29, 1.82) is 0 Å². The molecule has 0 spiro atoms. The van der Waals surface area contributed by atoms with E-state index in [0.29, 0.717) is 70.0 Å². The molecule has 0 fully saturated rings. The molecule has 202 valence electrons. The predicted molar refractivity (Wildman–Crippen MR) is 140 cm³/mol. The molecule has 0 aliphatic heterocycles. The van der Waals surface area contributed by atoms with Gasteiger partial charge in [0.2, 0.25) is 0 Å². The fourth-order valence-electron chi connectivity index (χ4n) is 2.91. The summed E-state index contributed by atoms with van der Waals surface area (Å²) >= 11 is 2.05. The smallest absolute Gasteiger partial charge is 0.406 e. The van der Waals surface area contributed by atoms with Crippen molar-refractivity contribution in [2.24, 2.45) is 0 Å². The second-order valence-electron chi connectivity index (χ2n) is 7.20. The van der Waals surface area contributed by atoms with Gasteiger partial charge in [0.25, 0.3) is 0 Å². The molecule has 0 unspecified atom stereocenters. The van der Waals surface area contributed by atoms with E-state index in [9.17, 15) is 13.2 Å². The van der Waals surface area contributed by atoms with Crippen LogP contribution in [-0.2, 0) is 24.9 Å². The van der Waals surface area contributed by atoms with Gasteiger partial charge in [-0.15, -0.1) is 13.2 Å². The molecule has 0 aliphatic rings. The molecule has 0 radical (unpaired) electrons. The van der Waals surface area contributed by atoms with Gasteiger partial charge in [0.15, 0.2) is 0 Å². The van der Waals surface area contributed by atoms with Gasteiger partial charge in [0.1, 0.15) is 17.9 Å². The largest absolute Gasteiger partial charge is 0.573 e. The molecule has 1 aromatic carbocycles. The Morgan fingerprint density at radius 2 is 1.59 bits per heavy atom. The number of hydrogen-bond donors (Lipinski definition) is 1. The topological polar surface area (TPSA) is 102 Å². The third kappa shape index (κ3) is 11.8. The third-order valence-electron chi connectivity index (χ3n) is 4.52. The number of nitrogens with zero attached hydrogens (tertiary/aromatic N) is 4. The summed E-state index contributed by atoms with van der Waals surface area (Å²) < 4.78 is 64.0. The second-order valence-corrected chi connectivity index (χ2v) is 8.64. The molecule has 0 saturated carbocycles. The van der Waals surface area contributed by atoms with Crippen molar-refractivity contribution in [1.82, 2.24) is 19.7 Å². The first-order chi connectivity index (χ1) is 17.9. The van der Waals surface area contributed by atoms with Gasteiger partial charge in [-0.25, -0.2) is 9.97 Å². The van der Waals surface area contributed by atoms with E-state index in [2.05, 4.69) is 46.3 Å². The zero-order valence-corrected chi connectivity index (χ0v) is 22.5. The molecule has 0 aliphatic carbocycles. The Morgan fingerprint density at radius 3 is 2.27 bits per heavy atom. The Hall–Kier alpha value is -2.18. The molecule has 0 saturated heterocycles. The number of hydrogen-bond acceptors (Lipinski definition) is 10. The van der Waals surface area contributed by atoms with Crippen LogP contribution in [0.2, 0.25) is 0 Å². The summed E-state index contributed by atoms with van der Waals surface area (Å²) in [6.07, 6.45) is 0.178. The minimum absolute atomic E-state index is 0.303. The maximum Gasteiger partial charge on any atom is 0.573 e. The highest BCUT2D eigenvalue weighted by Crippen LogP contribution is 2.26. The maximum absolute atomic E-state index is 12.3. The van der Waals surface area contributed by atoms with Crippen LogP contribution in [0.15, 0.2) is 49.1 Å². The Balaban J connectivity index is 1.36. The predicted octanol–water partition coefficient (Wildman–Crippen LogP) is 5.05. The number of aromatic nitrogens is 4. The quantitative estimate of drug-likeness (QED) is 0.121. The van der Waals surface area contributed by atoms with Crippen molar-refractivity contribution >= 4 is 41.9 Å². The molecular weight excluding hydrogens is 630 g/mol. The summed E-state index contributed by atoms with van der Waals surface area (Å²) in [6, 6.07) is 7.07. The zero-order chi connectivity index (χ0) is 26.3. The average molecular weight is 655 g/mol. The molecule has 10 nitrogen and oxygen atoms in total. The highest BCUT2D eigenvalue weighted by Gasteiger charge is 2.30. The highest BCUT2D eigenvalue weighted by molar-refractivity contribution is 14.2. The number of rotatable bonds is 17. The van der Waals surface area contributed by atoms with E-state index >= 15 is 0 Å². The summed E-state index contributed by atoms with van der Waals surface area (Å²) in [6.45, 7) is 4.05. The van der Waals surface area contributed by atoms with Crippen molar-refractivity contribution in [3.63, 3.8) is 0 Å². The second kappa shape index (κ2) is 15.9. The molecular formula is C22H25F3IN5O5S. The number of ether oxygens (including phenoxy) is 4. The summed E-state index contributed by atoms with van der Waals surface area (Å²) in [4.78, 5) is 8.42. The van der Waals surface area contributed by atoms with Gasteiger partial charge >= 0.3 is 6.36 Å². The molecule has 0 bridgehead atoms. The SMILES string of the molecule is FC(F)(F)Oc1ccc(Nc2cc(-c3cnn(CCOCCOCCOCCOSI)c3)ncn2)cc1. The fraction of sp³-hybridized carbons (Fsp3) is 0.409. The van der Waals surface area contributed by atoms with E-state index in [1.807, 2.05) is 6.20 Å². The third-order valence-corrected chi connectivity index (χ3v) is 5.54. The minimum atomic E-state index is -4.74. The average Bonchev–Trinajstić information content (AvgIpc) is 3.34. The standard InChI is InChI=1S/C22H25F3IN5O5S/c23-22(24,25)36-19-3-1-18(2-4-19)30-21-13-20(27-16-28-21)17-14-29-31(15-17)5-6-32-7-8-33-9-10-34-11-12-35-37-26/h1-4,13-16H,5-12H2,(H,27,28,30). The number of anilines is 2. The summed E-state index contributed by atoms with van der Waals surface area (Å²) in [5.74, 6) is 0.173. The van der Waals surface area contributed by atoms with Crippen LogP contribution in [0, 0.1) is 0 Å². The van der Waals surface area contributed by atoms with Gasteiger partial charge in [-0.1, -0.05) is 0 Å². The molecule has 37 heavy (non-hydrogen) atoms. The van der Waals surface area contributed by atoms with Crippen LogP contribution in [0.4, 0.5) is 24.7 Å². The molecule has 1 N–H and O–H groups in total. The highest BCUT2D eigenvalue weighted by atomic mass is 127. The van der Waals surface area contributed by atoms with Gasteiger partial charge in [0.05, 0.1) is 73.9 Å². The maximum atomic E-state index is 12.3. The molecule has 0 amide bonds. The monoisotopic (exact) mass is 655 g/mol. The lowest BCUT2D eigenvalue weighted by Gasteiger charge is -2.10. The van der Waals surface area contributed by atoms with Gasteiger partial charge in [-0.3, -0.25) is 4.68 Å². The van der Waals surface area contributed by atoms with Crippen LogP contribution >= 0.6 is 30.4 Å². The summed E-state index contributed by atoms with van der Waals surface area (Å²) in [5, 5.41) is 7.35. The van der Waals surface area contributed by atoms with Crippen LogP contribution in [0.1, 0.15) is 0 Å². The Bertz CT molecular complexity index is 1060. The van der Waals surface area contributed by atoms with Gasteiger partial charge in [-0.2, -0.15) is 5.10 Å². The first-order valence-electron chi connectivity index (χ1n) is 11.0. The molecule has 2 heterocycles. The molecule has 3 rings (SSSR count). The lowest BCUT2D eigenvalue weighted by atomic mass is 10.2. The van der Waals surface area contributed by atoms with Crippen molar-refractivity contribution in [2.45, 2.75) is 12.9 Å². The lowest BCUT2D eigenvalue weighted by molar-refractivity contribution is -0.274. The minimum Gasteiger partial charge on any atom is -0.406 e. The molecule has 3 aromatic rings. The Labute approximate surface area is 228 Å².